The van der Waals surface area contributed by atoms with Gasteiger partial charge in [-0.25, -0.2) is 0 Å². The lowest BCUT2D eigenvalue weighted by Crippen LogP contribution is -2.08. The summed E-state index contributed by atoms with van der Waals surface area (Å²) in [6.45, 7) is 0.792. The molecule has 1 aliphatic rings. The Labute approximate surface area is 69.9 Å². The minimum atomic E-state index is -0.175. The van der Waals surface area contributed by atoms with Crippen molar-refractivity contribution in [3.8, 4) is 0 Å². The highest BCUT2D eigenvalue weighted by Gasteiger charge is 2.20. The first-order valence-corrected chi connectivity index (χ1v) is 3.77. The minimum absolute atomic E-state index is 0.175. The van der Waals surface area contributed by atoms with Crippen LogP contribution < -0.4 is 5.32 Å². The Balaban J connectivity index is 2.36. The molecular weight excluding hydrogens is 154 g/mol. The van der Waals surface area contributed by atoms with Crippen molar-refractivity contribution in [2.75, 3.05) is 0 Å². The highest BCUT2D eigenvalue weighted by atomic mass is 16.5. The van der Waals surface area contributed by atoms with Gasteiger partial charge in [-0.15, -0.1) is 5.11 Å². The van der Waals surface area contributed by atoms with Crippen LogP contribution in [0.15, 0.2) is 34.7 Å². The summed E-state index contributed by atoms with van der Waals surface area (Å²) in [5.41, 5.74) is 2.31. The van der Waals surface area contributed by atoms with Crippen molar-refractivity contribution in [1.82, 2.24) is 5.32 Å². The zero-order chi connectivity index (χ0) is 8.39. The van der Waals surface area contributed by atoms with Crippen molar-refractivity contribution >= 4 is 0 Å². The van der Waals surface area contributed by atoms with Crippen LogP contribution in [0.3, 0.4) is 0 Å². The second kappa shape index (κ2) is 2.91. The molecule has 62 valence electrons. The Morgan fingerprint density at radius 1 is 1.42 bits per heavy atom. The van der Waals surface area contributed by atoms with Gasteiger partial charge in [0.1, 0.15) is 0 Å². The molecule has 2 rings (SSSR count). The fourth-order valence-corrected chi connectivity index (χ4v) is 1.43. The molecule has 1 unspecified atom stereocenters. The molecule has 4 nitrogen and oxygen atoms in total. The Morgan fingerprint density at radius 3 is 3.08 bits per heavy atom. The van der Waals surface area contributed by atoms with E-state index >= 15 is 0 Å². The van der Waals surface area contributed by atoms with Gasteiger partial charge in [0, 0.05) is 11.8 Å². The molecule has 12 heavy (non-hydrogen) atoms. The molecule has 4 heteroatoms. The molecule has 0 bridgehead atoms. The smallest absolute Gasteiger partial charge is 0.150 e. The van der Waals surface area contributed by atoms with Crippen molar-refractivity contribution < 1.29 is 5.21 Å². The normalized spacial score (nSPS) is 21.5. The van der Waals surface area contributed by atoms with E-state index in [0.717, 1.165) is 12.1 Å². The van der Waals surface area contributed by atoms with Crippen LogP contribution in [0, 0.1) is 0 Å². The van der Waals surface area contributed by atoms with E-state index in [1.807, 2.05) is 24.3 Å². The second-order valence-corrected chi connectivity index (χ2v) is 2.69. The van der Waals surface area contributed by atoms with Crippen molar-refractivity contribution in [1.29, 1.82) is 0 Å². The molecule has 0 spiro atoms. The van der Waals surface area contributed by atoms with Gasteiger partial charge in [0.25, 0.3) is 0 Å². The number of fused-ring (bicyclic) bond motifs is 1. The Morgan fingerprint density at radius 2 is 2.25 bits per heavy atom. The molecule has 0 fully saturated rings. The summed E-state index contributed by atoms with van der Waals surface area (Å²) in [6.07, 6.45) is -0.175. The van der Waals surface area contributed by atoms with Gasteiger partial charge in [0.2, 0.25) is 0 Å². The predicted molar refractivity (Wildman–Crippen MR) is 42.7 cm³/mol. The molecule has 1 aliphatic heterocycles. The molecule has 1 heterocycles. The van der Waals surface area contributed by atoms with Crippen LogP contribution in [0.25, 0.3) is 0 Å². The largest absolute Gasteiger partial charge is 0.395 e. The van der Waals surface area contributed by atoms with Crippen molar-refractivity contribution in [2.45, 2.75) is 12.7 Å². The molecule has 1 atom stereocenters. The van der Waals surface area contributed by atoms with Crippen molar-refractivity contribution in [3.05, 3.63) is 35.4 Å². The summed E-state index contributed by atoms with van der Waals surface area (Å²) in [6, 6.07) is 7.95. The number of nitrogens with one attached hydrogen (secondary N) is 1. The van der Waals surface area contributed by atoms with Crippen LogP contribution in [0.1, 0.15) is 17.3 Å². The predicted octanol–water partition coefficient (Wildman–Crippen LogP) is 1.63. The van der Waals surface area contributed by atoms with Gasteiger partial charge in [0.05, 0.1) is 0 Å². The van der Waals surface area contributed by atoms with Crippen LogP contribution in [-0.4, -0.2) is 5.21 Å². The average molecular weight is 163 g/mol. The third-order valence-corrected chi connectivity index (χ3v) is 2.00. The molecule has 0 amide bonds. The first-order valence-electron chi connectivity index (χ1n) is 3.77. The molecule has 0 aliphatic carbocycles. The summed E-state index contributed by atoms with van der Waals surface area (Å²) in [5, 5.41) is 17.8. The summed E-state index contributed by atoms with van der Waals surface area (Å²) < 4.78 is 0. The fourth-order valence-electron chi connectivity index (χ4n) is 1.43. The SMILES string of the molecule is ON=NC1NCc2ccccc21. The third-order valence-electron chi connectivity index (χ3n) is 2.00. The van der Waals surface area contributed by atoms with Crippen molar-refractivity contribution in [2.24, 2.45) is 10.4 Å². The zero-order valence-corrected chi connectivity index (χ0v) is 6.44. The monoisotopic (exact) mass is 163 g/mol. The number of hydrogen-bond donors (Lipinski definition) is 2. The van der Waals surface area contributed by atoms with E-state index in [9.17, 15) is 0 Å². The van der Waals surface area contributed by atoms with Gasteiger partial charge >= 0.3 is 0 Å². The number of benzene rings is 1. The first-order chi connectivity index (χ1) is 5.92. The summed E-state index contributed by atoms with van der Waals surface area (Å²) in [5.74, 6) is 0. The van der Waals surface area contributed by atoms with Crippen LogP contribution in [0.5, 0.6) is 0 Å². The Hall–Kier alpha value is -1.42. The molecular formula is C8H9N3O. The maximum absolute atomic E-state index is 8.27. The summed E-state index contributed by atoms with van der Waals surface area (Å²) in [4.78, 5) is 0. The van der Waals surface area contributed by atoms with Gasteiger partial charge < -0.3 is 5.21 Å². The number of rotatable bonds is 1. The number of hydrogen-bond acceptors (Lipinski definition) is 3. The minimum Gasteiger partial charge on any atom is -0.395 e. The quantitative estimate of drug-likeness (QED) is 0.488. The molecule has 0 saturated heterocycles. The van der Waals surface area contributed by atoms with Gasteiger partial charge in [-0.05, 0) is 11.1 Å². The second-order valence-electron chi connectivity index (χ2n) is 2.69. The number of nitrogens with zero attached hydrogens (tertiary/aromatic N) is 2. The molecule has 2 N–H and O–H groups in total. The molecule has 1 aromatic rings. The van der Waals surface area contributed by atoms with Crippen LogP contribution in [0.2, 0.25) is 0 Å². The van der Waals surface area contributed by atoms with Gasteiger partial charge in [0.15, 0.2) is 6.17 Å². The van der Waals surface area contributed by atoms with E-state index in [1.54, 1.807) is 0 Å². The Bertz CT molecular complexity index is 311. The van der Waals surface area contributed by atoms with E-state index in [0.29, 0.717) is 0 Å². The topological polar surface area (TPSA) is 57.0 Å². The van der Waals surface area contributed by atoms with E-state index in [2.05, 4.69) is 15.7 Å². The standard InChI is InChI=1S/C8H9N3O/c12-11-10-8-7-4-2-1-3-6(7)5-9-8/h1-4,8-9H,5H2,(H,10,12). The molecule has 0 saturated carbocycles. The van der Waals surface area contributed by atoms with E-state index in [1.165, 1.54) is 5.56 Å². The van der Waals surface area contributed by atoms with Crippen LogP contribution >= 0.6 is 0 Å². The summed E-state index contributed by atoms with van der Waals surface area (Å²) >= 11 is 0. The lowest BCUT2D eigenvalue weighted by Gasteiger charge is -2.01. The molecule has 1 aromatic carbocycles. The highest BCUT2D eigenvalue weighted by molar-refractivity contribution is 5.33. The fraction of sp³-hybridized carbons (Fsp3) is 0.250. The van der Waals surface area contributed by atoms with Crippen molar-refractivity contribution in [3.63, 3.8) is 0 Å². The average Bonchev–Trinajstić information content (AvgIpc) is 2.50. The lowest BCUT2D eigenvalue weighted by atomic mass is 10.1. The van der Waals surface area contributed by atoms with E-state index in [4.69, 9.17) is 5.21 Å². The van der Waals surface area contributed by atoms with Gasteiger partial charge in [-0.1, -0.05) is 24.3 Å². The molecule has 0 radical (unpaired) electrons. The Kier molecular flexibility index (Phi) is 1.75. The third kappa shape index (κ3) is 1.06. The van der Waals surface area contributed by atoms with Gasteiger partial charge in [-0.2, -0.15) is 0 Å². The molecule has 0 aromatic heterocycles. The van der Waals surface area contributed by atoms with Crippen LogP contribution in [-0.2, 0) is 6.54 Å². The lowest BCUT2D eigenvalue weighted by molar-refractivity contribution is 0.268. The van der Waals surface area contributed by atoms with E-state index in [-0.39, 0.29) is 6.17 Å². The maximum atomic E-state index is 8.27. The maximum Gasteiger partial charge on any atom is 0.150 e. The highest BCUT2D eigenvalue weighted by Crippen LogP contribution is 2.25. The van der Waals surface area contributed by atoms with Gasteiger partial charge in [-0.3, -0.25) is 5.32 Å². The zero-order valence-electron chi connectivity index (χ0n) is 6.44. The first kappa shape index (κ1) is 7.24. The summed E-state index contributed by atoms with van der Waals surface area (Å²) in [7, 11) is 0. The van der Waals surface area contributed by atoms with E-state index < -0.39 is 0 Å². The van der Waals surface area contributed by atoms with Crippen LogP contribution in [0.4, 0.5) is 0 Å².